The van der Waals surface area contributed by atoms with Gasteiger partial charge >= 0.3 is 0 Å². The molecule has 20 heavy (non-hydrogen) atoms. The Bertz CT molecular complexity index is 859. The van der Waals surface area contributed by atoms with Crippen molar-refractivity contribution in [1.82, 2.24) is 14.6 Å². The molecule has 0 fully saturated rings. The Morgan fingerprint density at radius 2 is 2.25 bits per heavy atom. The molecule has 5 nitrogen and oxygen atoms in total. The molecule has 0 saturated carbocycles. The highest BCUT2D eigenvalue weighted by Crippen LogP contribution is 2.21. The topological polar surface area (TPSA) is 65.2 Å². The summed E-state index contributed by atoms with van der Waals surface area (Å²) in [6, 6.07) is 4.94. The first-order valence-corrected chi connectivity index (χ1v) is 7.72. The molecule has 0 aliphatic rings. The monoisotopic (exact) mass is 300 g/mol. The van der Waals surface area contributed by atoms with Crippen LogP contribution in [-0.4, -0.2) is 45.9 Å². The van der Waals surface area contributed by atoms with Gasteiger partial charge in [-0.15, -0.1) is 0 Å². The van der Waals surface area contributed by atoms with Crippen molar-refractivity contribution in [1.29, 1.82) is 0 Å². The fourth-order valence-electron chi connectivity index (χ4n) is 1.96. The number of nitrogens with one attached hydrogen (secondary N) is 2. The maximum atomic E-state index is 11.9. The maximum absolute atomic E-state index is 11.9. The van der Waals surface area contributed by atoms with Crippen LogP contribution < -0.4 is 4.72 Å². The van der Waals surface area contributed by atoms with Crippen LogP contribution in [0.4, 0.5) is 0 Å². The normalized spacial score (nSPS) is 17.4. The lowest BCUT2D eigenvalue weighted by Crippen LogP contribution is -2.20. The van der Waals surface area contributed by atoms with Gasteiger partial charge in [-0.25, -0.2) is 13.1 Å². The highest BCUT2D eigenvalue weighted by atomic mass is 32.2. The summed E-state index contributed by atoms with van der Waals surface area (Å²) in [6.07, 6.45) is 1.83. The minimum absolute atomic E-state index is 0.129. The van der Waals surface area contributed by atoms with Gasteiger partial charge in [0.1, 0.15) is 0 Å². The second-order valence-electron chi connectivity index (χ2n) is 4.78. The molecule has 1 aromatic heterocycles. The van der Waals surface area contributed by atoms with Gasteiger partial charge in [0.2, 0.25) is 10.0 Å². The highest BCUT2D eigenvalue weighted by molar-refractivity contribution is 7.88. The van der Waals surface area contributed by atoms with Crippen LogP contribution in [0.3, 0.4) is 0 Å². The summed E-state index contributed by atoms with van der Waals surface area (Å²) < 4.78 is 62.7. The number of fused-ring (bicyclic) bond motifs is 1. The summed E-state index contributed by atoms with van der Waals surface area (Å²) in [5.41, 5.74) is 1.90. The summed E-state index contributed by atoms with van der Waals surface area (Å²) in [6.45, 7) is -4.33. The standard InChI is InChI=1S/C14H21N3O2S/c1-15-20(18,19)10-11-4-5-14-13(8-11)12(9-16-14)6-7-17(2)3/h4-5,8-9,15-16H,6-7,10H2,1-3H3/i1D3,7D2. The van der Waals surface area contributed by atoms with Gasteiger partial charge in [-0.2, -0.15) is 0 Å². The Hall–Kier alpha value is -1.37. The van der Waals surface area contributed by atoms with E-state index in [9.17, 15) is 8.42 Å². The third-order valence-electron chi connectivity index (χ3n) is 2.93. The molecule has 2 aromatic rings. The molecule has 0 atom stereocenters. The molecular formula is C14H21N3O2S. The second kappa shape index (κ2) is 5.95. The molecule has 0 aliphatic heterocycles. The first-order chi connectivity index (χ1) is 11.3. The molecular weight excluding hydrogens is 274 g/mol. The third-order valence-corrected chi connectivity index (χ3v) is 3.95. The van der Waals surface area contributed by atoms with Crippen molar-refractivity contribution in [3.8, 4) is 0 Å². The van der Waals surface area contributed by atoms with Crippen molar-refractivity contribution in [2.45, 2.75) is 12.2 Å². The Kier molecular flexibility index (Phi) is 2.84. The minimum Gasteiger partial charge on any atom is -0.361 e. The second-order valence-corrected chi connectivity index (χ2v) is 6.51. The number of H-pyrrole nitrogens is 1. The molecule has 0 saturated heterocycles. The van der Waals surface area contributed by atoms with Gasteiger partial charge in [0.05, 0.1) is 5.75 Å². The van der Waals surface area contributed by atoms with Crippen LogP contribution in [-0.2, 0) is 22.2 Å². The van der Waals surface area contributed by atoms with E-state index >= 15 is 0 Å². The predicted molar refractivity (Wildman–Crippen MR) is 82.2 cm³/mol. The van der Waals surface area contributed by atoms with Crippen LogP contribution in [0.5, 0.6) is 0 Å². The first-order valence-electron chi connectivity index (χ1n) is 8.57. The fraction of sp³-hybridized carbons (Fsp3) is 0.429. The van der Waals surface area contributed by atoms with E-state index in [1.54, 1.807) is 43.2 Å². The smallest absolute Gasteiger partial charge is 0.215 e. The van der Waals surface area contributed by atoms with Crippen LogP contribution in [0.25, 0.3) is 10.9 Å². The zero-order valence-corrected chi connectivity index (χ0v) is 12.2. The number of aromatic amines is 1. The minimum atomic E-state index is -4.01. The van der Waals surface area contributed by atoms with Crippen LogP contribution in [0, 0.1) is 0 Å². The highest BCUT2D eigenvalue weighted by Gasteiger charge is 2.11. The van der Waals surface area contributed by atoms with Crippen molar-refractivity contribution in [3.05, 3.63) is 35.5 Å². The van der Waals surface area contributed by atoms with Crippen LogP contribution >= 0.6 is 0 Å². The molecule has 0 aliphatic carbocycles. The Labute approximate surface area is 127 Å². The molecule has 0 unspecified atom stereocenters. The molecule has 0 amide bonds. The van der Waals surface area contributed by atoms with E-state index < -0.39 is 29.2 Å². The summed E-state index contributed by atoms with van der Waals surface area (Å²) in [4.78, 5) is 4.51. The lowest BCUT2D eigenvalue weighted by Gasteiger charge is -2.08. The fourth-order valence-corrected chi connectivity index (χ4v) is 2.65. The Morgan fingerprint density at radius 1 is 1.45 bits per heavy atom. The number of rotatable bonds is 6. The summed E-state index contributed by atoms with van der Waals surface area (Å²) in [5, 5.41) is 0.715. The number of aromatic nitrogens is 1. The van der Waals surface area contributed by atoms with Crippen molar-refractivity contribution in [2.24, 2.45) is 0 Å². The Balaban J connectivity index is 2.32. The van der Waals surface area contributed by atoms with Crippen LogP contribution in [0.15, 0.2) is 24.4 Å². The molecule has 0 bridgehead atoms. The lowest BCUT2D eigenvalue weighted by molar-refractivity contribution is 0.414. The first kappa shape index (κ1) is 9.55. The quantitative estimate of drug-likeness (QED) is 0.845. The van der Waals surface area contributed by atoms with Gasteiger partial charge in [0, 0.05) is 30.5 Å². The molecule has 0 radical (unpaired) electrons. The number of hydrogen-bond acceptors (Lipinski definition) is 3. The molecule has 6 heteroatoms. The van der Waals surface area contributed by atoms with E-state index in [1.807, 2.05) is 0 Å². The van der Waals surface area contributed by atoms with Gasteiger partial charge in [-0.3, -0.25) is 0 Å². The van der Waals surface area contributed by atoms with Gasteiger partial charge in [-0.1, -0.05) is 6.07 Å². The van der Waals surface area contributed by atoms with Gasteiger partial charge in [0.25, 0.3) is 0 Å². The van der Waals surface area contributed by atoms with Crippen molar-refractivity contribution < 1.29 is 15.3 Å². The zero-order valence-electron chi connectivity index (χ0n) is 16.4. The average Bonchev–Trinajstić information content (AvgIpc) is 2.77. The molecule has 1 heterocycles. The largest absolute Gasteiger partial charge is 0.361 e. The summed E-state index contributed by atoms with van der Waals surface area (Å²) in [5.74, 6) is -0.466. The zero-order chi connectivity index (χ0) is 19.0. The Morgan fingerprint density at radius 3 is 2.95 bits per heavy atom. The maximum Gasteiger partial charge on any atom is 0.215 e. The number of nitrogens with zero attached hydrogens (tertiary/aromatic N) is 1. The van der Waals surface area contributed by atoms with E-state index in [0.29, 0.717) is 10.9 Å². The summed E-state index contributed by atoms with van der Waals surface area (Å²) in [7, 11) is -0.718. The summed E-state index contributed by atoms with van der Waals surface area (Å²) >= 11 is 0. The molecule has 110 valence electrons. The van der Waals surface area contributed by atoms with E-state index in [4.69, 9.17) is 6.85 Å². The van der Waals surface area contributed by atoms with E-state index in [0.717, 1.165) is 11.1 Å². The number of aryl methyl sites for hydroxylation is 1. The average molecular weight is 300 g/mol. The number of sulfonamides is 1. The SMILES string of the molecule is [2H]C([2H])([2H])NS(=O)(=O)Cc1ccc2[nH]cc(CC([2H])([2H])N(C)C)c2c1. The predicted octanol–water partition coefficient (Wildman–Crippen LogP) is 1.32. The van der Waals surface area contributed by atoms with Crippen molar-refractivity contribution in [2.75, 3.05) is 27.6 Å². The third kappa shape index (κ3) is 3.59. The molecule has 2 N–H and O–H groups in total. The van der Waals surface area contributed by atoms with Crippen molar-refractivity contribution >= 4 is 20.9 Å². The van der Waals surface area contributed by atoms with Gasteiger partial charge < -0.3 is 9.88 Å². The van der Waals surface area contributed by atoms with E-state index in [1.165, 1.54) is 4.90 Å². The van der Waals surface area contributed by atoms with Gasteiger partial charge in [0.15, 0.2) is 0 Å². The number of likely N-dealkylation sites (N-methyl/N-ethyl adjacent to an activating group) is 1. The van der Waals surface area contributed by atoms with Crippen LogP contribution in [0.1, 0.15) is 18.0 Å². The molecule has 2 rings (SSSR count). The number of hydrogen-bond donors (Lipinski definition) is 2. The van der Waals surface area contributed by atoms with E-state index in [2.05, 4.69) is 4.98 Å². The number of benzene rings is 1. The van der Waals surface area contributed by atoms with Crippen LogP contribution in [0.2, 0.25) is 0 Å². The molecule has 1 aromatic carbocycles. The van der Waals surface area contributed by atoms with Gasteiger partial charge in [-0.05, 0) is 50.8 Å². The lowest BCUT2D eigenvalue weighted by atomic mass is 10.1. The van der Waals surface area contributed by atoms with E-state index in [-0.39, 0.29) is 6.42 Å². The molecule has 0 spiro atoms. The van der Waals surface area contributed by atoms with Crippen molar-refractivity contribution in [3.63, 3.8) is 0 Å².